The Bertz CT molecular complexity index is 479. The number of para-hydroxylation sites is 2. The third kappa shape index (κ3) is 2.31. The number of nitrogens with two attached hydrogens (primary N) is 1. The number of hydrogen-bond acceptors (Lipinski definition) is 2. The molecule has 0 aliphatic heterocycles. The highest BCUT2D eigenvalue weighted by atomic mass is 15.2. The number of aromatic amines is 1. The number of imidazole rings is 1. The molecular weight excluding hydrogens is 202 g/mol. The Kier molecular flexibility index (Phi) is 2.76. The molecule has 0 saturated carbocycles. The summed E-state index contributed by atoms with van der Waals surface area (Å²) >= 11 is 0. The van der Waals surface area contributed by atoms with Gasteiger partial charge in [-0.05, 0) is 26.0 Å². The van der Waals surface area contributed by atoms with E-state index in [2.05, 4.69) is 20.3 Å². The minimum atomic E-state index is 0.164. The standard InChI is InChI=1S/C11H15N5/c1-7(2)13-10(12)16-11-14-8-5-3-4-6-9(8)15-11/h3-7H,1-2H3,(H4,12,13,14,15,16). The number of benzene rings is 1. The average molecular weight is 217 g/mol. The Balaban J connectivity index is 2.22. The van der Waals surface area contributed by atoms with Gasteiger partial charge in [-0.3, -0.25) is 10.3 Å². The van der Waals surface area contributed by atoms with E-state index in [4.69, 9.17) is 5.73 Å². The highest BCUT2D eigenvalue weighted by Gasteiger charge is 2.02. The third-order valence-corrected chi connectivity index (χ3v) is 2.03. The lowest BCUT2D eigenvalue weighted by atomic mass is 10.3. The van der Waals surface area contributed by atoms with E-state index in [1.165, 1.54) is 0 Å². The van der Waals surface area contributed by atoms with Crippen LogP contribution in [0.4, 0.5) is 5.95 Å². The molecule has 0 aliphatic carbocycles. The number of fused-ring (bicyclic) bond motifs is 1. The first-order valence-electron chi connectivity index (χ1n) is 5.20. The Morgan fingerprint density at radius 3 is 2.88 bits per heavy atom. The van der Waals surface area contributed by atoms with Crippen molar-refractivity contribution in [1.29, 1.82) is 0 Å². The smallest absolute Gasteiger partial charge is 0.208 e. The highest BCUT2D eigenvalue weighted by Crippen LogP contribution is 2.12. The van der Waals surface area contributed by atoms with E-state index in [0.717, 1.165) is 11.0 Å². The molecule has 1 aromatic carbocycles. The predicted octanol–water partition coefficient (Wildman–Crippen LogP) is 1.70. The Morgan fingerprint density at radius 1 is 1.44 bits per heavy atom. The molecular formula is C11H15N5. The van der Waals surface area contributed by atoms with E-state index in [0.29, 0.717) is 11.9 Å². The van der Waals surface area contributed by atoms with Gasteiger partial charge in [0.1, 0.15) is 0 Å². The molecule has 84 valence electrons. The number of nitrogens with zero attached hydrogens (tertiary/aromatic N) is 2. The van der Waals surface area contributed by atoms with Gasteiger partial charge < -0.3 is 10.7 Å². The molecule has 0 unspecified atom stereocenters. The average Bonchev–Trinajstić information content (AvgIpc) is 2.57. The van der Waals surface area contributed by atoms with Crippen molar-refractivity contribution in [2.45, 2.75) is 19.9 Å². The molecule has 0 radical (unpaired) electrons. The molecule has 0 atom stereocenters. The first-order chi connectivity index (χ1) is 7.65. The van der Waals surface area contributed by atoms with E-state index in [9.17, 15) is 0 Å². The van der Waals surface area contributed by atoms with E-state index in [-0.39, 0.29) is 6.04 Å². The molecule has 2 rings (SSSR count). The molecule has 4 N–H and O–H groups in total. The first kappa shape index (κ1) is 10.5. The number of rotatable bonds is 2. The van der Waals surface area contributed by atoms with Gasteiger partial charge in [-0.2, -0.15) is 0 Å². The zero-order valence-electron chi connectivity index (χ0n) is 9.36. The molecule has 16 heavy (non-hydrogen) atoms. The molecule has 5 heteroatoms. The van der Waals surface area contributed by atoms with E-state index in [1.807, 2.05) is 38.1 Å². The van der Waals surface area contributed by atoms with Crippen LogP contribution < -0.4 is 11.1 Å². The number of anilines is 1. The van der Waals surface area contributed by atoms with Gasteiger partial charge in [0.2, 0.25) is 5.95 Å². The lowest BCUT2D eigenvalue weighted by Crippen LogP contribution is -2.24. The topological polar surface area (TPSA) is 79.1 Å². The van der Waals surface area contributed by atoms with Crippen molar-refractivity contribution >= 4 is 22.9 Å². The summed E-state index contributed by atoms with van der Waals surface area (Å²) in [6, 6.07) is 7.96. The highest BCUT2D eigenvalue weighted by molar-refractivity contribution is 5.92. The summed E-state index contributed by atoms with van der Waals surface area (Å²) in [5.41, 5.74) is 7.59. The molecule has 0 bridgehead atoms. The maximum absolute atomic E-state index is 5.71. The third-order valence-electron chi connectivity index (χ3n) is 2.03. The molecule has 0 saturated heterocycles. The second-order valence-corrected chi connectivity index (χ2v) is 3.84. The number of aliphatic imine (C=N–C) groups is 1. The van der Waals surface area contributed by atoms with E-state index in [1.54, 1.807) is 0 Å². The molecule has 0 spiro atoms. The fourth-order valence-electron chi connectivity index (χ4n) is 1.44. The lowest BCUT2D eigenvalue weighted by Gasteiger charge is -2.02. The summed E-state index contributed by atoms with van der Waals surface area (Å²) in [6.45, 7) is 3.93. The van der Waals surface area contributed by atoms with Crippen molar-refractivity contribution < 1.29 is 0 Å². The minimum Gasteiger partial charge on any atom is -0.370 e. The molecule has 2 aromatic rings. The number of H-pyrrole nitrogens is 1. The Hall–Kier alpha value is -2.04. The van der Waals surface area contributed by atoms with E-state index < -0.39 is 0 Å². The minimum absolute atomic E-state index is 0.164. The Labute approximate surface area is 93.8 Å². The predicted molar refractivity (Wildman–Crippen MR) is 66.5 cm³/mol. The van der Waals surface area contributed by atoms with Gasteiger partial charge in [0.15, 0.2) is 5.96 Å². The molecule has 0 fully saturated rings. The maximum Gasteiger partial charge on any atom is 0.208 e. The maximum atomic E-state index is 5.71. The zero-order chi connectivity index (χ0) is 11.5. The van der Waals surface area contributed by atoms with Gasteiger partial charge in [-0.15, -0.1) is 0 Å². The second-order valence-electron chi connectivity index (χ2n) is 3.84. The van der Waals surface area contributed by atoms with Crippen molar-refractivity contribution in [2.24, 2.45) is 10.7 Å². The number of nitrogens with one attached hydrogen (secondary N) is 2. The van der Waals surface area contributed by atoms with Crippen LogP contribution in [0.15, 0.2) is 29.3 Å². The Morgan fingerprint density at radius 2 is 2.19 bits per heavy atom. The molecule has 0 aliphatic rings. The normalized spacial score (nSPS) is 12.3. The quantitative estimate of drug-likeness (QED) is 0.529. The van der Waals surface area contributed by atoms with Crippen molar-refractivity contribution in [3.63, 3.8) is 0 Å². The van der Waals surface area contributed by atoms with Gasteiger partial charge >= 0.3 is 0 Å². The summed E-state index contributed by atoms with van der Waals surface area (Å²) in [5.74, 6) is 0.983. The van der Waals surface area contributed by atoms with Crippen LogP contribution >= 0.6 is 0 Å². The molecule has 0 amide bonds. The summed E-state index contributed by atoms with van der Waals surface area (Å²) in [4.78, 5) is 11.6. The van der Waals surface area contributed by atoms with Gasteiger partial charge in [0, 0.05) is 6.04 Å². The summed E-state index contributed by atoms with van der Waals surface area (Å²) in [6.07, 6.45) is 0. The van der Waals surface area contributed by atoms with Crippen molar-refractivity contribution in [3.05, 3.63) is 24.3 Å². The largest absolute Gasteiger partial charge is 0.370 e. The van der Waals surface area contributed by atoms with Gasteiger partial charge in [-0.1, -0.05) is 12.1 Å². The van der Waals surface area contributed by atoms with E-state index >= 15 is 0 Å². The van der Waals surface area contributed by atoms with Crippen LogP contribution in [0.2, 0.25) is 0 Å². The zero-order valence-corrected chi connectivity index (χ0v) is 9.36. The van der Waals surface area contributed by atoms with Crippen LogP contribution in [-0.4, -0.2) is 22.0 Å². The van der Waals surface area contributed by atoms with Crippen LogP contribution in [0.25, 0.3) is 11.0 Å². The second kappa shape index (κ2) is 4.22. The van der Waals surface area contributed by atoms with Crippen LogP contribution in [-0.2, 0) is 0 Å². The van der Waals surface area contributed by atoms with Crippen molar-refractivity contribution in [2.75, 3.05) is 5.32 Å². The summed E-state index contributed by atoms with van der Waals surface area (Å²) < 4.78 is 0. The number of guanidine groups is 1. The van der Waals surface area contributed by atoms with Gasteiger partial charge in [-0.25, -0.2) is 4.98 Å². The fraction of sp³-hybridized carbons (Fsp3) is 0.273. The molecule has 5 nitrogen and oxygen atoms in total. The van der Waals surface area contributed by atoms with Crippen LogP contribution in [0, 0.1) is 0 Å². The fourth-order valence-corrected chi connectivity index (χ4v) is 1.44. The van der Waals surface area contributed by atoms with Crippen LogP contribution in [0.1, 0.15) is 13.8 Å². The first-order valence-corrected chi connectivity index (χ1v) is 5.20. The number of aromatic nitrogens is 2. The monoisotopic (exact) mass is 217 g/mol. The molecule has 1 heterocycles. The number of hydrogen-bond donors (Lipinski definition) is 3. The summed E-state index contributed by atoms with van der Waals surface area (Å²) in [5, 5.41) is 2.92. The SMILES string of the molecule is CC(C)N=C(N)Nc1nc2ccccc2[nH]1. The lowest BCUT2D eigenvalue weighted by molar-refractivity contribution is 0.833. The van der Waals surface area contributed by atoms with Crippen molar-refractivity contribution in [1.82, 2.24) is 9.97 Å². The van der Waals surface area contributed by atoms with Crippen molar-refractivity contribution in [3.8, 4) is 0 Å². The van der Waals surface area contributed by atoms with Crippen LogP contribution in [0.3, 0.4) is 0 Å². The van der Waals surface area contributed by atoms with Crippen LogP contribution in [0.5, 0.6) is 0 Å². The van der Waals surface area contributed by atoms with Gasteiger partial charge in [0.25, 0.3) is 0 Å². The summed E-state index contributed by atoms with van der Waals surface area (Å²) in [7, 11) is 0. The van der Waals surface area contributed by atoms with Gasteiger partial charge in [0.05, 0.1) is 11.0 Å². The molecule has 1 aromatic heterocycles.